The third kappa shape index (κ3) is 4.34. The Labute approximate surface area is 124 Å². The van der Waals surface area contributed by atoms with E-state index in [4.69, 9.17) is 9.84 Å². The van der Waals surface area contributed by atoms with Gasteiger partial charge < -0.3 is 14.7 Å². The first-order valence-electron chi connectivity index (χ1n) is 6.62. The van der Waals surface area contributed by atoms with E-state index in [-0.39, 0.29) is 18.6 Å². The lowest BCUT2D eigenvalue weighted by atomic mass is 10.2. The summed E-state index contributed by atoms with van der Waals surface area (Å²) in [6.45, 7) is 5.10. The van der Waals surface area contributed by atoms with E-state index < -0.39 is 0 Å². The molecule has 1 rings (SSSR count). The number of methoxy groups -OCH3 is 1. The molecule has 1 amide bonds. The van der Waals surface area contributed by atoms with Crippen molar-refractivity contribution in [2.45, 2.75) is 26.3 Å². The van der Waals surface area contributed by atoms with Crippen molar-refractivity contribution in [1.82, 2.24) is 4.90 Å². The molecular formula is C15H21NO3S. The highest BCUT2D eigenvalue weighted by atomic mass is 32.1. The Hall–Kier alpha value is -1.35. The molecule has 20 heavy (non-hydrogen) atoms. The number of amides is 1. The number of aliphatic hydroxyl groups is 1. The van der Waals surface area contributed by atoms with Crippen LogP contribution in [0.2, 0.25) is 0 Å². The van der Waals surface area contributed by atoms with E-state index in [1.807, 2.05) is 25.3 Å². The summed E-state index contributed by atoms with van der Waals surface area (Å²) in [5, 5.41) is 10.6. The van der Waals surface area contributed by atoms with Crippen molar-refractivity contribution >= 4 is 17.2 Å². The minimum absolute atomic E-state index is 0.0136. The van der Waals surface area contributed by atoms with Gasteiger partial charge in [-0.2, -0.15) is 0 Å². The Bertz CT molecular complexity index is 487. The third-order valence-corrected chi connectivity index (χ3v) is 3.76. The van der Waals surface area contributed by atoms with Crippen LogP contribution in [-0.4, -0.2) is 48.8 Å². The molecule has 4 nitrogen and oxygen atoms in total. The van der Waals surface area contributed by atoms with Gasteiger partial charge in [0.1, 0.15) is 4.88 Å². The largest absolute Gasteiger partial charge is 0.395 e. The maximum atomic E-state index is 12.6. The smallest absolute Gasteiger partial charge is 0.265 e. The number of hydrogen-bond acceptors (Lipinski definition) is 4. The molecule has 0 aromatic carbocycles. The fraction of sp³-hybridized carbons (Fsp3) is 0.533. The van der Waals surface area contributed by atoms with Crippen LogP contribution in [-0.2, 0) is 4.74 Å². The van der Waals surface area contributed by atoms with Gasteiger partial charge in [-0.3, -0.25) is 4.79 Å². The van der Waals surface area contributed by atoms with Gasteiger partial charge in [0, 0.05) is 25.6 Å². The molecule has 0 radical (unpaired) electrons. The van der Waals surface area contributed by atoms with Gasteiger partial charge in [-0.15, -0.1) is 11.3 Å². The number of aliphatic hydroxyl groups excluding tert-OH is 1. The maximum Gasteiger partial charge on any atom is 0.265 e. The average Bonchev–Trinajstić information content (AvgIpc) is 2.88. The summed E-state index contributed by atoms with van der Waals surface area (Å²) in [6, 6.07) is 1.87. The van der Waals surface area contributed by atoms with E-state index in [1.165, 1.54) is 11.3 Å². The molecule has 5 heteroatoms. The molecule has 0 saturated carbocycles. The minimum atomic E-state index is -0.0136. The standard InChI is InChI=1S/C15H21NO3S/c1-4-16(12(2)11-19-3)15(18)14-13(8-10-20-14)7-5-6-9-17/h8,10,12,17H,4,6,9,11H2,1-3H3. The second-order valence-corrected chi connectivity index (χ2v) is 5.25. The van der Waals surface area contributed by atoms with E-state index in [2.05, 4.69) is 11.8 Å². The van der Waals surface area contributed by atoms with Crippen molar-refractivity contribution < 1.29 is 14.6 Å². The van der Waals surface area contributed by atoms with Crippen LogP contribution in [0, 0.1) is 11.8 Å². The highest BCUT2D eigenvalue weighted by Crippen LogP contribution is 2.19. The molecule has 0 saturated heterocycles. The van der Waals surface area contributed by atoms with E-state index in [9.17, 15) is 4.79 Å². The average molecular weight is 295 g/mol. The second kappa shape index (κ2) is 8.75. The lowest BCUT2D eigenvalue weighted by Gasteiger charge is -2.27. The van der Waals surface area contributed by atoms with Crippen LogP contribution >= 0.6 is 11.3 Å². The molecule has 0 aliphatic rings. The normalized spacial score (nSPS) is 11.6. The highest BCUT2D eigenvalue weighted by Gasteiger charge is 2.22. The molecule has 1 heterocycles. The maximum absolute atomic E-state index is 12.6. The number of carbonyl (C=O) groups is 1. The lowest BCUT2D eigenvalue weighted by molar-refractivity contribution is 0.0583. The number of ether oxygens (including phenoxy) is 1. The van der Waals surface area contributed by atoms with E-state index in [0.29, 0.717) is 24.4 Å². The first-order valence-corrected chi connectivity index (χ1v) is 7.50. The van der Waals surface area contributed by atoms with Gasteiger partial charge in [-0.05, 0) is 25.3 Å². The topological polar surface area (TPSA) is 49.8 Å². The van der Waals surface area contributed by atoms with Crippen LogP contribution in [0.1, 0.15) is 35.5 Å². The van der Waals surface area contributed by atoms with Gasteiger partial charge >= 0.3 is 0 Å². The van der Waals surface area contributed by atoms with Gasteiger partial charge in [0.05, 0.1) is 19.3 Å². The summed E-state index contributed by atoms with van der Waals surface area (Å²) in [4.78, 5) is 15.0. The Morgan fingerprint density at radius 1 is 1.60 bits per heavy atom. The number of likely N-dealkylation sites (N-methyl/N-ethyl adjacent to an activating group) is 1. The van der Waals surface area contributed by atoms with Crippen LogP contribution in [0.3, 0.4) is 0 Å². The van der Waals surface area contributed by atoms with Gasteiger partial charge in [-0.25, -0.2) is 0 Å². The predicted molar refractivity (Wildman–Crippen MR) is 80.9 cm³/mol. The quantitative estimate of drug-likeness (QED) is 0.816. The molecule has 0 aliphatic carbocycles. The SMILES string of the molecule is CCN(C(=O)c1sccc1C#CCCO)C(C)COC. The Morgan fingerprint density at radius 3 is 2.95 bits per heavy atom. The molecule has 0 bridgehead atoms. The number of hydrogen-bond donors (Lipinski definition) is 1. The Morgan fingerprint density at radius 2 is 2.35 bits per heavy atom. The number of nitrogens with zero attached hydrogens (tertiary/aromatic N) is 1. The number of rotatable bonds is 6. The molecule has 0 spiro atoms. The van der Waals surface area contributed by atoms with Crippen LogP contribution < -0.4 is 0 Å². The summed E-state index contributed by atoms with van der Waals surface area (Å²) >= 11 is 1.40. The van der Waals surface area contributed by atoms with Gasteiger partial charge in [0.25, 0.3) is 5.91 Å². The fourth-order valence-electron chi connectivity index (χ4n) is 1.90. The molecule has 1 aromatic rings. The summed E-state index contributed by atoms with van der Waals surface area (Å²) in [7, 11) is 1.63. The van der Waals surface area contributed by atoms with Crippen LogP contribution in [0.4, 0.5) is 0 Å². The molecule has 0 aliphatic heterocycles. The summed E-state index contributed by atoms with van der Waals surface area (Å²) in [6.07, 6.45) is 0.418. The first kappa shape index (κ1) is 16.7. The van der Waals surface area contributed by atoms with Crippen molar-refractivity contribution in [3.8, 4) is 11.8 Å². The summed E-state index contributed by atoms with van der Waals surface area (Å²) < 4.78 is 5.12. The van der Waals surface area contributed by atoms with E-state index >= 15 is 0 Å². The number of carbonyl (C=O) groups excluding carboxylic acids is 1. The minimum Gasteiger partial charge on any atom is -0.395 e. The Kier molecular flexibility index (Phi) is 7.31. The zero-order valence-corrected chi connectivity index (χ0v) is 13.0. The van der Waals surface area contributed by atoms with Crippen LogP contribution in [0.25, 0.3) is 0 Å². The third-order valence-electron chi connectivity index (χ3n) is 2.86. The summed E-state index contributed by atoms with van der Waals surface area (Å²) in [5.41, 5.74) is 0.733. The monoisotopic (exact) mass is 295 g/mol. The van der Waals surface area contributed by atoms with Gasteiger partial charge in [-0.1, -0.05) is 11.8 Å². The van der Waals surface area contributed by atoms with E-state index in [0.717, 1.165) is 5.56 Å². The summed E-state index contributed by atoms with van der Waals surface area (Å²) in [5.74, 6) is 5.79. The second-order valence-electron chi connectivity index (χ2n) is 4.33. The Balaban J connectivity index is 2.91. The molecular weight excluding hydrogens is 274 g/mol. The highest BCUT2D eigenvalue weighted by molar-refractivity contribution is 7.12. The zero-order valence-electron chi connectivity index (χ0n) is 12.2. The van der Waals surface area contributed by atoms with Crippen molar-refractivity contribution in [2.75, 3.05) is 26.9 Å². The van der Waals surface area contributed by atoms with Crippen molar-refractivity contribution in [3.05, 3.63) is 21.9 Å². The first-order chi connectivity index (χ1) is 9.65. The van der Waals surface area contributed by atoms with Crippen LogP contribution in [0.15, 0.2) is 11.4 Å². The molecule has 110 valence electrons. The van der Waals surface area contributed by atoms with Crippen molar-refractivity contribution in [2.24, 2.45) is 0 Å². The number of thiophene rings is 1. The molecule has 1 aromatic heterocycles. The predicted octanol–water partition coefficient (Wildman–Crippen LogP) is 1.98. The van der Waals surface area contributed by atoms with Crippen molar-refractivity contribution in [3.63, 3.8) is 0 Å². The molecule has 1 atom stereocenters. The van der Waals surface area contributed by atoms with Crippen molar-refractivity contribution in [1.29, 1.82) is 0 Å². The van der Waals surface area contributed by atoms with Gasteiger partial charge in [0.15, 0.2) is 0 Å². The fourth-order valence-corrected chi connectivity index (χ4v) is 2.71. The van der Waals surface area contributed by atoms with Crippen LogP contribution in [0.5, 0.6) is 0 Å². The van der Waals surface area contributed by atoms with Gasteiger partial charge in [0.2, 0.25) is 0 Å². The molecule has 0 fully saturated rings. The zero-order chi connectivity index (χ0) is 15.0. The lowest BCUT2D eigenvalue weighted by Crippen LogP contribution is -2.40. The molecule has 1 unspecified atom stereocenters. The van der Waals surface area contributed by atoms with E-state index in [1.54, 1.807) is 12.0 Å². The molecule has 1 N–H and O–H groups in total.